The van der Waals surface area contributed by atoms with E-state index >= 15 is 0 Å². The molecule has 0 saturated carbocycles. The molecule has 8 heteroatoms. The lowest BCUT2D eigenvalue weighted by atomic mass is 10.5. The SMILES string of the molecule is OCN1CCOCCCOCCN(CO)CCOCCOCC1. The summed E-state index contributed by atoms with van der Waals surface area (Å²) in [6.07, 6.45) is 0.838. The molecule has 0 aromatic heterocycles. The maximum Gasteiger partial charge on any atom is 0.0958 e. The third kappa shape index (κ3) is 11.8. The number of aliphatic hydroxyl groups is 2. The summed E-state index contributed by atoms with van der Waals surface area (Å²) < 4.78 is 22.0. The first-order valence-electron chi connectivity index (χ1n) is 8.34. The molecule has 23 heavy (non-hydrogen) atoms. The predicted octanol–water partition coefficient (Wildman–Crippen LogP) is -1.04. The molecule has 0 spiro atoms. The molecule has 1 saturated heterocycles. The molecule has 1 rings (SSSR count). The van der Waals surface area contributed by atoms with Crippen molar-refractivity contribution in [3.8, 4) is 0 Å². The van der Waals surface area contributed by atoms with E-state index < -0.39 is 0 Å². The molecule has 0 aliphatic carbocycles. The number of hydrogen-bond acceptors (Lipinski definition) is 8. The van der Waals surface area contributed by atoms with Crippen LogP contribution in [0.2, 0.25) is 0 Å². The van der Waals surface area contributed by atoms with Gasteiger partial charge in [0, 0.05) is 39.4 Å². The Morgan fingerprint density at radius 3 is 1.22 bits per heavy atom. The highest BCUT2D eigenvalue weighted by molar-refractivity contribution is 4.54. The molecular formula is C15H32N2O6. The molecule has 0 radical (unpaired) electrons. The fraction of sp³-hybridized carbons (Fsp3) is 1.00. The summed E-state index contributed by atoms with van der Waals surface area (Å²) in [7, 11) is 0. The molecule has 1 aliphatic heterocycles. The van der Waals surface area contributed by atoms with Gasteiger partial charge in [-0.05, 0) is 6.42 Å². The van der Waals surface area contributed by atoms with Crippen LogP contribution in [-0.2, 0) is 18.9 Å². The van der Waals surface area contributed by atoms with Gasteiger partial charge in [0.2, 0.25) is 0 Å². The van der Waals surface area contributed by atoms with Gasteiger partial charge < -0.3 is 29.2 Å². The van der Waals surface area contributed by atoms with Gasteiger partial charge in [0.25, 0.3) is 0 Å². The minimum absolute atomic E-state index is 0.00330. The van der Waals surface area contributed by atoms with Crippen molar-refractivity contribution in [2.45, 2.75) is 6.42 Å². The monoisotopic (exact) mass is 336 g/mol. The second-order valence-corrected chi connectivity index (χ2v) is 5.32. The maximum atomic E-state index is 9.27. The third-order valence-corrected chi connectivity index (χ3v) is 3.56. The summed E-state index contributed by atoms with van der Waals surface area (Å²) in [4.78, 5) is 3.76. The average molecular weight is 336 g/mol. The Balaban J connectivity index is 2.25. The zero-order valence-corrected chi connectivity index (χ0v) is 14.0. The van der Waals surface area contributed by atoms with Crippen LogP contribution >= 0.6 is 0 Å². The van der Waals surface area contributed by atoms with E-state index in [1.807, 2.05) is 9.80 Å². The minimum Gasteiger partial charge on any atom is -0.381 e. The molecule has 1 aliphatic rings. The highest BCUT2D eigenvalue weighted by Crippen LogP contribution is 1.93. The van der Waals surface area contributed by atoms with Gasteiger partial charge in [0.1, 0.15) is 0 Å². The van der Waals surface area contributed by atoms with E-state index in [0.29, 0.717) is 79.0 Å². The van der Waals surface area contributed by atoms with Gasteiger partial charge >= 0.3 is 0 Å². The number of rotatable bonds is 2. The molecule has 138 valence electrons. The smallest absolute Gasteiger partial charge is 0.0958 e. The van der Waals surface area contributed by atoms with Crippen LogP contribution in [0.15, 0.2) is 0 Å². The van der Waals surface area contributed by atoms with Crippen LogP contribution in [0, 0.1) is 0 Å². The molecular weight excluding hydrogens is 304 g/mol. The van der Waals surface area contributed by atoms with Gasteiger partial charge in [-0.2, -0.15) is 0 Å². The van der Waals surface area contributed by atoms with E-state index in [1.54, 1.807) is 0 Å². The summed E-state index contributed by atoms with van der Waals surface area (Å²) in [5.41, 5.74) is 0. The quantitative estimate of drug-likeness (QED) is 0.662. The molecule has 0 atom stereocenters. The van der Waals surface area contributed by atoms with Crippen LogP contribution in [0.5, 0.6) is 0 Å². The lowest BCUT2D eigenvalue weighted by Crippen LogP contribution is -2.32. The Kier molecular flexibility index (Phi) is 13.7. The minimum atomic E-state index is 0.00330. The number of aliphatic hydroxyl groups excluding tert-OH is 2. The van der Waals surface area contributed by atoms with E-state index in [2.05, 4.69) is 0 Å². The average Bonchev–Trinajstić information content (AvgIpc) is 2.58. The normalized spacial score (nSPS) is 23.7. The maximum absolute atomic E-state index is 9.27. The van der Waals surface area contributed by atoms with Crippen LogP contribution in [0.3, 0.4) is 0 Å². The highest BCUT2D eigenvalue weighted by Gasteiger charge is 2.05. The molecule has 0 amide bonds. The van der Waals surface area contributed by atoms with Crippen molar-refractivity contribution in [1.82, 2.24) is 9.80 Å². The van der Waals surface area contributed by atoms with Gasteiger partial charge in [-0.3, -0.25) is 9.80 Å². The van der Waals surface area contributed by atoms with Gasteiger partial charge in [0.05, 0.1) is 53.1 Å². The van der Waals surface area contributed by atoms with E-state index in [1.165, 1.54) is 0 Å². The molecule has 0 bridgehead atoms. The topological polar surface area (TPSA) is 83.9 Å². The van der Waals surface area contributed by atoms with Crippen molar-refractivity contribution in [3.05, 3.63) is 0 Å². The van der Waals surface area contributed by atoms with Crippen molar-refractivity contribution in [1.29, 1.82) is 0 Å². The lowest BCUT2D eigenvalue weighted by Gasteiger charge is -2.19. The first-order valence-corrected chi connectivity index (χ1v) is 8.34. The van der Waals surface area contributed by atoms with Crippen LogP contribution < -0.4 is 0 Å². The Morgan fingerprint density at radius 2 is 0.870 bits per heavy atom. The molecule has 1 heterocycles. The van der Waals surface area contributed by atoms with Crippen LogP contribution in [0.25, 0.3) is 0 Å². The van der Waals surface area contributed by atoms with Crippen molar-refractivity contribution in [2.75, 3.05) is 92.5 Å². The summed E-state index contributed by atoms with van der Waals surface area (Å²) >= 11 is 0. The number of ether oxygens (including phenoxy) is 4. The molecule has 2 N–H and O–H groups in total. The lowest BCUT2D eigenvalue weighted by molar-refractivity contribution is 0.00557. The van der Waals surface area contributed by atoms with E-state index in [-0.39, 0.29) is 13.5 Å². The predicted molar refractivity (Wildman–Crippen MR) is 85.2 cm³/mol. The van der Waals surface area contributed by atoms with Gasteiger partial charge in [-0.15, -0.1) is 0 Å². The van der Waals surface area contributed by atoms with Crippen molar-refractivity contribution >= 4 is 0 Å². The van der Waals surface area contributed by atoms with Crippen LogP contribution in [0.4, 0.5) is 0 Å². The van der Waals surface area contributed by atoms with E-state index in [0.717, 1.165) is 6.42 Å². The van der Waals surface area contributed by atoms with Crippen molar-refractivity contribution in [3.63, 3.8) is 0 Å². The largest absolute Gasteiger partial charge is 0.381 e. The molecule has 1 fully saturated rings. The molecule has 0 aromatic carbocycles. The Bertz CT molecular complexity index is 236. The van der Waals surface area contributed by atoms with Crippen LogP contribution in [0.1, 0.15) is 6.42 Å². The third-order valence-electron chi connectivity index (χ3n) is 3.56. The first kappa shape index (κ1) is 20.7. The van der Waals surface area contributed by atoms with Gasteiger partial charge in [-0.25, -0.2) is 0 Å². The second-order valence-electron chi connectivity index (χ2n) is 5.32. The molecule has 0 aromatic rings. The summed E-state index contributed by atoms with van der Waals surface area (Å²) in [6, 6.07) is 0. The molecule has 0 unspecified atom stereocenters. The number of hydrogen-bond donors (Lipinski definition) is 2. The van der Waals surface area contributed by atoms with Crippen LogP contribution in [-0.4, -0.2) is 113 Å². The second kappa shape index (κ2) is 15.2. The van der Waals surface area contributed by atoms with E-state index in [4.69, 9.17) is 18.9 Å². The zero-order chi connectivity index (χ0) is 16.6. The zero-order valence-electron chi connectivity index (χ0n) is 14.0. The fourth-order valence-corrected chi connectivity index (χ4v) is 2.07. The summed E-state index contributed by atoms with van der Waals surface area (Å²) in [6.45, 7) is 7.34. The van der Waals surface area contributed by atoms with Crippen molar-refractivity contribution in [2.24, 2.45) is 0 Å². The summed E-state index contributed by atoms with van der Waals surface area (Å²) in [5, 5.41) is 18.5. The van der Waals surface area contributed by atoms with E-state index in [9.17, 15) is 10.2 Å². The Morgan fingerprint density at radius 1 is 0.522 bits per heavy atom. The Hall–Kier alpha value is -0.320. The summed E-state index contributed by atoms with van der Waals surface area (Å²) in [5.74, 6) is 0. The highest BCUT2D eigenvalue weighted by atomic mass is 16.5. The van der Waals surface area contributed by atoms with Gasteiger partial charge in [-0.1, -0.05) is 0 Å². The number of nitrogens with zero attached hydrogens (tertiary/aromatic N) is 2. The molecule has 8 nitrogen and oxygen atoms in total. The fourth-order valence-electron chi connectivity index (χ4n) is 2.07. The van der Waals surface area contributed by atoms with Crippen molar-refractivity contribution < 1.29 is 29.2 Å². The first-order chi connectivity index (χ1) is 11.4. The standard InChI is InChI=1S/C15H32N2O6/c18-14-16-2-8-20-6-1-7-21-9-3-17(15-19)5-11-23-13-12-22-10-4-16/h18-19H,1-15H2. The van der Waals surface area contributed by atoms with Gasteiger partial charge in [0.15, 0.2) is 0 Å². The Labute approximate surface area is 138 Å².